The molecule has 0 unspecified atom stereocenters. The SMILES string of the molecule is CNc1ccc(C(=O)NCCN(C)C)nc1. The highest BCUT2D eigenvalue weighted by molar-refractivity contribution is 5.92. The van der Waals surface area contributed by atoms with Crippen LogP contribution < -0.4 is 10.6 Å². The summed E-state index contributed by atoms with van der Waals surface area (Å²) >= 11 is 0. The number of hydrogen-bond acceptors (Lipinski definition) is 4. The van der Waals surface area contributed by atoms with E-state index < -0.39 is 0 Å². The van der Waals surface area contributed by atoms with Gasteiger partial charge in [-0.15, -0.1) is 0 Å². The molecule has 2 N–H and O–H groups in total. The topological polar surface area (TPSA) is 57.3 Å². The van der Waals surface area contributed by atoms with Gasteiger partial charge in [0.25, 0.3) is 5.91 Å². The Morgan fingerprint density at radius 1 is 1.44 bits per heavy atom. The van der Waals surface area contributed by atoms with Gasteiger partial charge in [0.2, 0.25) is 0 Å². The van der Waals surface area contributed by atoms with Crippen LogP contribution in [0.3, 0.4) is 0 Å². The molecule has 0 aliphatic carbocycles. The zero-order valence-corrected chi connectivity index (χ0v) is 9.95. The summed E-state index contributed by atoms with van der Waals surface area (Å²) in [5.41, 5.74) is 1.34. The van der Waals surface area contributed by atoms with E-state index in [1.165, 1.54) is 0 Å². The average molecular weight is 222 g/mol. The zero-order valence-electron chi connectivity index (χ0n) is 9.95. The molecule has 0 saturated heterocycles. The minimum atomic E-state index is -0.135. The third-order valence-electron chi connectivity index (χ3n) is 2.13. The van der Waals surface area contributed by atoms with E-state index in [9.17, 15) is 4.79 Å². The molecule has 1 aromatic heterocycles. The van der Waals surface area contributed by atoms with E-state index >= 15 is 0 Å². The van der Waals surface area contributed by atoms with Gasteiger partial charge in [0, 0.05) is 20.1 Å². The van der Waals surface area contributed by atoms with E-state index in [1.54, 1.807) is 12.3 Å². The van der Waals surface area contributed by atoms with Gasteiger partial charge in [-0.1, -0.05) is 0 Å². The maximum absolute atomic E-state index is 11.6. The number of nitrogens with one attached hydrogen (secondary N) is 2. The zero-order chi connectivity index (χ0) is 12.0. The highest BCUT2D eigenvalue weighted by Gasteiger charge is 2.05. The number of anilines is 1. The maximum Gasteiger partial charge on any atom is 0.269 e. The molecule has 0 aliphatic heterocycles. The first-order chi connectivity index (χ1) is 7.63. The molecule has 0 bridgehead atoms. The molecule has 0 atom stereocenters. The van der Waals surface area contributed by atoms with Crippen molar-refractivity contribution >= 4 is 11.6 Å². The lowest BCUT2D eigenvalue weighted by Crippen LogP contribution is -2.31. The summed E-state index contributed by atoms with van der Waals surface area (Å²) in [6.07, 6.45) is 1.64. The first-order valence-corrected chi connectivity index (χ1v) is 5.20. The third kappa shape index (κ3) is 3.86. The summed E-state index contributed by atoms with van der Waals surface area (Å²) in [5, 5.41) is 5.75. The summed E-state index contributed by atoms with van der Waals surface area (Å²) in [6.45, 7) is 1.45. The lowest BCUT2D eigenvalue weighted by Gasteiger charge is -2.10. The molecule has 0 radical (unpaired) electrons. The number of aromatic nitrogens is 1. The Hall–Kier alpha value is -1.62. The summed E-state index contributed by atoms with van der Waals surface area (Å²) < 4.78 is 0. The van der Waals surface area contributed by atoms with Crippen LogP contribution in [0.15, 0.2) is 18.3 Å². The molecule has 0 fully saturated rings. The Bertz CT molecular complexity index is 334. The quantitative estimate of drug-likeness (QED) is 0.758. The van der Waals surface area contributed by atoms with Crippen LogP contribution in [0.25, 0.3) is 0 Å². The molecule has 1 amide bonds. The molecular formula is C11H18N4O. The van der Waals surface area contributed by atoms with Crippen molar-refractivity contribution in [1.29, 1.82) is 0 Å². The minimum absolute atomic E-state index is 0.135. The van der Waals surface area contributed by atoms with Crippen molar-refractivity contribution in [2.45, 2.75) is 0 Å². The number of amides is 1. The van der Waals surface area contributed by atoms with Crippen molar-refractivity contribution in [3.63, 3.8) is 0 Å². The average Bonchev–Trinajstić information content (AvgIpc) is 2.28. The predicted octanol–water partition coefficient (Wildman–Crippen LogP) is 0.415. The van der Waals surface area contributed by atoms with E-state index in [0.717, 1.165) is 12.2 Å². The van der Waals surface area contributed by atoms with E-state index in [1.807, 2.05) is 32.1 Å². The van der Waals surface area contributed by atoms with Crippen molar-refractivity contribution in [2.24, 2.45) is 0 Å². The normalized spacial score (nSPS) is 10.2. The Balaban J connectivity index is 2.46. The predicted molar refractivity (Wildman–Crippen MR) is 64.7 cm³/mol. The maximum atomic E-state index is 11.6. The number of pyridine rings is 1. The number of likely N-dealkylation sites (N-methyl/N-ethyl adjacent to an activating group) is 1. The van der Waals surface area contributed by atoms with Crippen molar-refractivity contribution in [1.82, 2.24) is 15.2 Å². The van der Waals surface area contributed by atoms with Crippen LogP contribution in [0, 0.1) is 0 Å². The van der Waals surface area contributed by atoms with E-state index in [4.69, 9.17) is 0 Å². The van der Waals surface area contributed by atoms with Crippen LogP contribution in [0.2, 0.25) is 0 Å². The van der Waals surface area contributed by atoms with Gasteiger partial charge < -0.3 is 15.5 Å². The van der Waals surface area contributed by atoms with E-state index in [2.05, 4.69) is 15.6 Å². The summed E-state index contributed by atoms with van der Waals surface area (Å²) in [5.74, 6) is -0.135. The van der Waals surface area contributed by atoms with Crippen LogP contribution in [0.4, 0.5) is 5.69 Å². The highest BCUT2D eigenvalue weighted by Crippen LogP contribution is 2.04. The van der Waals surface area contributed by atoms with Crippen LogP contribution in [-0.2, 0) is 0 Å². The molecule has 1 aromatic rings. The molecule has 16 heavy (non-hydrogen) atoms. The fourth-order valence-electron chi connectivity index (χ4n) is 1.16. The van der Waals surface area contributed by atoms with E-state index in [0.29, 0.717) is 12.2 Å². The number of hydrogen-bond donors (Lipinski definition) is 2. The number of nitrogens with zero attached hydrogens (tertiary/aromatic N) is 2. The van der Waals surface area contributed by atoms with Crippen molar-refractivity contribution in [3.05, 3.63) is 24.0 Å². The molecule has 0 spiro atoms. The van der Waals surface area contributed by atoms with Crippen LogP contribution in [0.5, 0.6) is 0 Å². The van der Waals surface area contributed by atoms with Crippen molar-refractivity contribution in [2.75, 3.05) is 39.5 Å². The number of carbonyl (C=O) groups excluding carboxylic acids is 1. The molecule has 5 nitrogen and oxygen atoms in total. The van der Waals surface area contributed by atoms with Crippen LogP contribution in [0.1, 0.15) is 10.5 Å². The molecule has 0 saturated carbocycles. The summed E-state index contributed by atoms with van der Waals surface area (Å²) in [6, 6.07) is 3.53. The van der Waals surface area contributed by atoms with Gasteiger partial charge in [-0.25, -0.2) is 4.98 Å². The molecule has 0 aliphatic rings. The van der Waals surface area contributed by atoms with Gasteiger partial charge in [0.15, 0.2) is 0 Å². The van der Waals surface area contributed by atoms with Crippen LogP contribution in [-0.4, -0.2) is 50.0 Å². The molecule has 0 aromatic carbocycles. The number of carbonyl (C=O) groups is 1. The lowest BCUT2D eigenvalue weighted by atomic mass is 10.3. The Kier molecular flexibility index (Phi) is 4.72. The lowest BCUT2D eigenvalue weighted by molar-refractivity contribution is 0.0946. The second-order valence-corrected chi connectivity index (χ2v) is 3.74. The smallest absolute Gasteiger partial charge is 0.269 e. The highest BCUT2D eigenvalue weighted by atomic mass is 16.1. The molecule has 1 heterocycles. The fraction of sp³-hybridized carbons (Fsp3) is 0.455. The minimum Gasteiger partial charge on any atom is -0.387 e. The standard InChI is InChI=1S/C11H18N4O/c1-12-9-4-5-10(14-8-9)11(16)13-6-7-15(2)3/h4-5,8,12H,6-7H2,1-3H3,(H,13,16). The monoisotopic (exact) mass is 222 g/mol. The Labute approximate surface area is 95.9 Å². The van der Waals surface area contributed by atoms with E-state index in [-0.39, 0.29) is 5.91 Å². The third-order valence-corrected chi connectivity index (χ3v) is 2.13. The Morgan fingerprint density at radius 2 is 2.19 bits per heavy atom. The molecule has 1 rings (SSSR count). The number of rotatable bonds is 5. The van der Waals surface area contributed by atoms with Gasteiger partial charge in [0.1, 0.15) is 5.69 Å². The first-order valence-electron chi connectivity index (χ1n) is 5.20. The van der Waals surface area contributed by atoms with Gasteiger partial charge in [-0.2, -0.15) is 0 Å². The van der Waals surface area contributed by atoms with Gasteiger partial charge in [-0.05, 0) is 26.2 Å². The molecular weight excluding hydrogens is 204 g/mol. The fourth-order valence-corrected chi connectivity index (χ4v) is 1.16. The molecule has 5 heteroatoms. The Morgan fingerprint density at radius 3 is 2.69 bits per heavy atom. The summed E-state index contributed by atoms with van der Waals surface area (Å²) in [7, 11) is 5.74. The van der Waals surface area contributed by atoms with Gasteiger partial charge >= 0.3 is 0 Å². The van der Waals surface area contributed by atoms with Gasteiger partial charge in [-0.3, -0.25) is 4.79 Å². The summed E-state index contributed by atoms with van der Waals surface area (Å²) in [4.78, 5) is 17.7. The second-order valence-electron chi connectivity index (χ2n) is 3.74. The van der Waals surface area contributed by atoms with Crippen molar-refractivity contribution < 1.29 is 4.79 Å². The first kappa shape index (κ1) is 12.4. The molecule has 88 valence electrons. The second kappa shape index (κ2) is 6.07. The van der Waals surface area contributed by atoms with Gasteiger partial charge in [0.05, 0.1) is 11.9 Å². The van der Waals surface area contributed by atoms with Crippen LogP contribution >= 0.6 is 0 Å². The van der Waals surface area contributed by atoms with Crippen molar-refractivity contribution in [3.8, 4) is 0 Å². The largest absolute Gasteiger partial charge is 0.387 e.